The predicted octanol–water partition coefficient (Wildman–Crippen LogP) is 6.45. The van der Waals surface area contributed by atoms with Gasteiger partial charge in [-0.25, -0.2) is 9.59 Å². The summed E-state index contributed by atoms with van der Waals surface area (Å²) in [4.78, 5) is 27.8. The SMILES string of the molecule is Cc1cc(Cl)nnc1NCC1CCC2(CC1)CN(c1cccnn1)C(=O)O2.Cc1cc(NCC2CCC3(CC2)CN(c2cccnn2)C(=O)O3)nnc1Cl. The Hall–Kier alpha value is -4.96. The summed E-state index contributed by atoms with van der Waals surface area (Å²) in [6.45, 7) is 6.56. The number of anilines is 4. The average molecular weight is 778 g/mol. The molecule has 2 saturated heterocycles. The van der Waals surface area contributed by atoms with E-state index in [2.05, 4.69) is 51.4 Å². The lowest BCUT2D eigenvalue weighted by Gasteiger charge is -2.35. The van der Waals surface area contributed by atoms with E-state index in [1.165, 1.54) is 0 Å². The van der Waals surface area contributed by atoms with Crippen LogP contribution in [0.25, 0.3) is 0 Å². The zero-order valence-electron chi connectivity index (χ0n) is 30.1. The Morgan fingerprint density at radius 3 is 1.72 bits per heavy atom. The first-order chi connectivity index (χ1) is 26.1. The number of rotatable bonds is 8. The molecule has 2 aliphatic heterocycles. The van der Waals surface area contributed by atoms with Crippen LogP contribution < -0.4 is 20.4 Å². The fourth-order valence-corrected chi connectivity index (χ4v) is 7.78. The van der Waals surface area contributed by atoms with E-state index < -0.39 is 11.2 Å². The zero-order valence-corrected chi connectivity index (χ0v) is 31.6. The predicted molar refractivity (Wildman–Crippen MR) is 202 cm³/mol. The van der Waals surface area contributed by atoms with Crippen molar-refractivity contribution < 1.29 is 19.1 Å². The van der Waals surface area contributed by atoms with Gasteiger partial charge >= 0.3 is 12.2 Å². The van der Waals surface area contributed by atoms with Crippen molar-refractivity contribution >= 4 is 58.7 Å². The Labute approximate surface area is 322 Å². The highest BCUT2D eigenvalue weighted by molar-refractivity contribution is 6.30. The molecule has 54 heavy (non-hydrogen) atoms. The Morgan fingerprint density at radius 2 is 1.24 bits per heavy atom. The van der Waals surface area contributed by atoms with Crippen molar-refractivity contribution in [3.05, 3.63) is 70.2 Å². The lowest BCUT2D eigenvalue weighted by atomic mass is 9.78. The smallest absolute Gasteiger partial charge is 0.416 e. The number of amides is 2. The maximum atomic E-state index is 12.3. The second-order valence-corrected chi connectivity index (χ2v) is 15.2. The summed E-state index contributed by atoms with van der Waals surface area (Å²) in [5.41, 5.74) is 1.05. The zero-order chi connectivity index (χ0) is 37.7. The number of carbonyl (C=O) groups excluding carboxylic acids is 2. The normalized spacial score (nSPS) is 24.9. The van der Waals surface area contributed by atoms with Gasteiger partial charge in [0.2, 0.25) is 0 Å². The molecular weight excluding hydrogens is 735 g/mol. The van der Waals surface area contributed by atoms with Crippen LogP contribution in [0.5, 0.6) is 0 Å². The van der Waals surface area contributed by atoms with Crippen molar-refractivity contribution in [1.82, 2.24) is 40.8 Å². The lowest BCUT2D eigenvalue weighted by molar-refractivity contribution is 0.0143. The molecule has 2 aliphatic carbocycles. The van der Waals surface area contributed by atoms with Crippen LogP contribution in [0, 0.1) is 25.7 Å². The number of nitrogens with one attached hydrogen (secondary N) is 2. The van der Waals surface area contributed by atoms with Crippen LogP contribution in [0.3, 0.4) is 0 Å². The van der Waals surface area contributed by atoms with Gasteiger partial charge in [-0.1, -0.05) is 23.2 Å². The summed E-state index contributed by atoms with van der Waals surface area (Å²) in [6, 6.07) is 10.8. The summed E-state index contributed by atoms with van der Waals surface area (Å²) in [7, 11) is 0. The molecule has 18 heteroatoms. The third-order valence-electron chi connectivity index (χ3n) is 10.7. The molecule has 16 nitrogen and oxygen atoms in total. The van der Waals surface area contributed by atoms with Crippen molar-refractivity contribution in [3.63, 3.8) is 0 Å². The lowest BCUT2D eigenvalue weighted by Crippen LogP contribution is -2.39. The third kappa shape index (κ3) is 8.70. The maximum absolute atomic E-state index is 12.3. The number of hydrogen-bond donors (Lipinski definition) is 2. The topological polar surface area (TPSA) is 186 Å². The first-order valence-corrected chi connectivity index (χ1v) is 18.9. The minimum Gasteiger partial charge on any atom is -0.441 e. The molecular formula is C36H42Cl2N12O4. The van der Waals surface area contributed by atoms with Gasteiger partial charge in [-0.3, -0.25) is 9.80 Å². The fraction of sp³-hybridized carbons (Fsp3) is 0.500. The standard InChI is InChI=1S/2C18H21ClN6O2/c1-12-9-14(22-24-16(12)19)20-10-13-4-6-18(7-5-13)11-25(17(26)27-18)15-3-2-8-21-23-15;1-12-9-14(19)22-24-16(12)20-10-13-4-6-18(7-5-13)11-25(17(26)27-18)15-3-2-8-21-23-15/h2-3,8-9,13H,4-7,10-11H2,1H3,(H,20,22);2-3,8-9,13H,4-7,10-11H2,1H3,(H,20,24). The van der Waals surface area contributed by atoms with Crippen LogP contribution in [0.4, 0.5) is 32.9 Å². The molecule has 4 fully saturated rings. The molecule has 2 saturated carbocycles. The molecule has 2 amide bonds. The number of aryl methyl sites for hydroxylation is 2. The highest BCUT2D eigenvalue weighted by Gasteiger charge is 2.49. The van der Waals surface area contributed by atoms with Gasteiger partial charge in [0, 0.05) is 25.5 Å². The minimum atomic E-state index is -0.416. The van der Waals surface area contributed by atoms with Crippen LogP contribution in [0.1, 0.15) is 62.5 Å². The molecule has 2 spiro atoms. The van der Waals surface area contributed by atoms with Gasteiger partial charge < -0.3 is 20.1 Å². The van der Waals surface area contributed by atoms with Crippen LogP contribution in [0.2, 0.25) is 10.3 Å². The number of nitrogens with zero attached hydrogens (tertiary/aromatic N) is 10. The molecule has 4 aromatic rings. The number of carbonyl (C=O) groups is 2. The van der Waals surface area contributed by atoms with Crippen molar-refractivity contribution in [2.75, 3.05) is 46.6 Å². The maximum Gasteiger partial charge on any atom is 0.416 e. The first kappa shape index (κ1) is 37.4. The van der Waals surface area contributed by atoms with Gasteiger partial charge in [-0.15, -0.1) is 30.6 Å². The number of ether oxygens (including phenoxy) is 2. The number of aromatic nitrogens is 8. The molecule has 284 valence electrons. The van der Waals surface area contributed by atoms with Gasteiger partial charge in [0.05, 0.1) is 13.1 Å². The van der Waals surface area contributed by atoms with Crippen LogP contribution >= 0.6 is 23.2 Å². The molecule has 0 radical (unpaired) electrons. The van der Waals surface area contributed by atoms with E-state index in [1.54, 1.807) is 52.5 Å². The Kier molecular flexibility index (Phi) is 11.2. The van der Waals surface area contributed by atoms with Gasteiger partial charge in [0.25, 0.3) is 0 Å². The van der Waals surface area contributed by atoms with E-state index in [0.717, 1.165) is 87.2 Å². The molecule has 0 unspecified atom stereocenters. The van der Waals surface area contributed by atoms with Crippen molar-refractivity contribution in [2.24, 2.45) is 11.8 Å². The van der Waals surface area contributed by atoms with E-state index in [-0.39, 0.29) is 12.2 Å². The molecule has 6 heterocycles. The Balaban J connectivity index is 0.000000167. The summed E-state index contributed by atoms with van der Waals surface area (Å²) >= 11 is 11.8. The van der Waals surface area contributed by atoms with Crippen LogP contribution in [0.15, 0.2) is 48.8 Å². The molecule has 0 aromatic carbocycles. The van der Waals surface area contributed by atoms with E-state index in [9.17, 15) is 9.59 Å². The molecule has 2 N–H and O–H groups in total. The second kappa shape index (κ2) is 16.2. The highest BCUT2D eigenvalue weighted by atomic mass is 35.5. The number of halogens is 2. The Bertz CT molecular complexity index is 1930. The minimum absolute atomic E-state index is 0.334. The van der Waals surface area contributed by atoms with Crippen molar-refractivity contribution in [3.8, 4) is 0 Å². The van der Waals surface area contributed by atoms with E-state index in [4.69, 9.17) is 32.7 Å². The first-order valence-electron chi connectivity index (χ1n) is 18.1. The fourth-order valence-electron chi connectivity index (χ4n) is 7.48. The molecule has 8 rings (SSSR count). The van der Waals surface area contributed by atoms with Crippen LogP contribution in [-0.4, -0.2) is 90.4 Å². The van der Waals surface area contributed by atoms with E-state index in [0.29, 0.717) is 46.9 Å². The molecule has 0 atom stereocenters. The van der Waals surface area contributed by atoms with Gasteiger partial charge in [-0.2, -0.15) is 10.2 Å². The van der Waals surface area contributed by atoms with Gasteiger partial charge in [0.15, 0.2) is 27.8 Å². The summed E-state index contributed by atoms with van der Waals surface area (Å²) in [5, 5.41) is 39.2. The van der Waals surface area contributed by atoms with Gasteiger partial charge in [-0.05, 0) is 125 Å². The third-order valence-corrected chi connectivity index (χ3v) is 11.2. The monoisotopic (exact) mass is 776 g/mol. The summed E-state index contributed by atoms with van der Waals surface area (Å²) in [6.07, 6.45) is 9.79. The highest BCUT2D eigenvalue weighted by Crippen LogP contribution is 2.42. The number of hydrogen-bond acceptors (Lipinski definition) is 14. The van der Waals surface area contributed by atoms with Crippen molar-refractivity contribution in [2.45, 2.75) is 76.4 Å². The van der Waals surface area contributed by atoms with E-state index >= 15 is 0 Å². The molecule has 4 aromatic heterocycles. The molecule has 0 bridgehead atoms. The van der Waals surface area contributed by atoms with Crippen molar-refractivity contribution in [1.29, 1.82) is 0 Å². The van der Waals surface area contributed by atoms with Crippen LogP contribution in [-0.2, 0) is 9.47 Å². The van der Waals surface area contributed by atoms with Gasteiger partial charge in [0.1, 0.15) is 17.0 Å². The average Bonchev–Trinajstić information content (AvgIpc) is 3.69. The van der Waals surface area contributed by atoms with E-state index in [1.807, 2.05) is 19.9 Å². The summed E-state index contributed by atoms with van der Waals surface area (Å²) < 4.78 is 11.5. The largest absolute Gasteiger partial charge is 0.441 e. The summed E-state index contributed by atoms with van der Waals surface area (Å²) in [5.74, 6) is 3.58. The molecule has 4 aliphatic rings. The quantitative estimate of drug-likeness (QED) is 0.199. The Morgan fingerprint density at radius 1 is 0.704 bits per heavy atom. The second-order valence-electron chi connectivity index (χ2n) is 14.5.